The first kappa shape index (κ1) is 22.9. The largest absolute Gasteiger partial charge is 0.494 e. The molecule has 0 radical (unpaired) electrons. The van der Waals surface area contributed by atoms with Crippen molar-refractivity contribution in [3.63, 3.8) is 0 Å². The highest BCUT2D eigenvalue weighted by Gasteiger charge is 2.22. The lowest BCUT2D eigenvalue weighted by molar-refractivity contribution is -0.125. The van der Waals surface area contributed by atoms with Crippen LogP contribution in [0.1, 0.15) is 37.4 Å². The molecule has 0 unspecified atom stereocenters. The maximum absolute atomic E-state index is 12.7. The van der Waals surface area contributed by atoms with Crippen molar-refractivity contribution in [3.05, 3.63) is 65.7 Å². The minimum absolute atomic E-state index is 0.00192. The predicted molar refractivity (Wildman–Crippen MR) is 119 cm³/mol. The van der Waals surface area contributed by atoms with Crippen molar-refractivity contribution in [2.75, 3.05) is 40.3 Å². The molecule has 1 amide bonds. The topological polar surface area (TPSA) is 44.8 Å². The van der Waals surface area contributed by atoms with Crippen LogP contribution in [0.25, 0.3) is 0 Å². The van der Waals surface area contributed by atoms with Gasteiger partial charge in [-0.15, -0.1) is 0 Å². The second-order valence-electron chi connectivity index (χ2n) is 7.37. The van der Waals surface area contributed by atoms with Crippen molar-refractivity contribution >= 4 is 5.91 Å². The Morgan fingerprint density at radius 3 is 2.24 bits per heavy atom. The zero-order chi connectivity index (χ0) is 21.1. The maximum Gasteiger partial charge on any atom is 0.242 e. The lowest BCUT2D eigenvalue weighted by atomic mass is 10.1. The minimum Gasteiger partial charge on any atom is -0.494 e. The fraction of sp³-hybridized carbons (Fsp3) is 0.458. The second-order valence-corrected chi connectivity index (χ2v) is 7.37. The number of benzene rings is 2. The lowest BCUT2D eigenvalue weighted by Crippen LogP contribution is -2.36. The van der Waals surface area contributed by atoms with Gasteiger partial charge >= 0.3 is 0 Å². The molecule has 5 heteroatoms. The van der Waals surface area contributed by atoms with Gasteiger partial charge in [0.05, 0.1) is 6.61 Å². The molecule has 0 aromatic heterocycles. The molecule has 2 aromatic carbocycles. The van der Waals surface area contributed by atoms with Gasteiger partial charge in [-0.2, -0.15) is 0 Å². The smallest absolute Gasteiger partial charge is 0.242 e. The zero-order valence-corrected chi connectivity index (χ0v) is 18.2. The molecule has 2 aromatic rings. The van der Waals surface area contributed by atoms with E-state index in [4.69, 9.17) is 4.74 Å². The van der Waals surface area contributed by atoms with Crippen molar-refractivity contribution in [2.45, 2.75) is 32.9 Å². The Balaban J connectivity index is 1.81. The molecule has 29 heavy (non-hydrogen) atoms. The first-order valence-corrected chi connectivity index (χ1v) is 10.5. The summed E-state index contributed by atoms with van der Waals surface area (Å²) in [6.07, 6.45) is 1.02. The number of ether oxygens (including phenoxy) is 1. The van der Waals surface area contributed by atoms with Crippen LogP contribution in [0.5, 0.6) is 5.75 Å². The van der Waals surface area contributed by atoms with E-state index >= 15 is 0 Å². The van der Waals surface area contributed by atoms with E-state index in [2.05, 4.69) is 24.1 Å². The molecule has 1 N–H and O–H groups in total. The molecule has 0 aliphatic rings. The summed E-state index contributed by atoms with van der Waals surface area (Å²) in [5.74, 6) is 0.869. The summed E-state index contributed by atoms with van der Waals surface area (Å²) in [5, 5.41) is 3.05. The third-order valence-electron chi connectivity index (χ3n) is 5.05. The van der Waals surface area contributed by atoms with Gasteiger partial charge in [0.1, 0.15) is 11.8 Å². The second kappa shape index (κ2) is 12.2. The highest BCUT2D eigenvalue weighted by molar-refractivity contribution is 5.83. The first-order chi connectivity index (χ1) is 14.0. The van der Waals surface area contributed by atoms with Gasteiger partial charge in [0.2, 0.25) is 5.91 Å². The standard InChI is InChI=1S/C24H35N3O2/c1-5-27(6-2)17-10-18-29-22-15-13-20(14-16-22)19-25-24(28)23(26(3)4)21-11-8-7-9-12-21/h7-9,11-16,23H,5-6,10,17-19H2,1-4H3,(H,25,28)/t23-/m1/s1. The Kier molecular flexibility index (Phi) is 9.68. The number of hydrogen-bond donors (Lipinski definition) is 1. The number of rotatable bonds is 12. The van der Waals surface area contributed by atoms with E-state index in [-0.39, 0.29) is 11.9 Å². The molecule has 2 rings (SSSR count). The molecule has 0 bridgehead atoms. The number of nitrogens with one attached hydrogen (secondary N) is 1. The SMILES string of the molecule is CCN(CC)CCCOc1ccc(CNC(=O)[C@@H](c2ccccc2)N(C)C)cc1. The Bertz CT molecular complexity index is 713. The summed E-state index contributed by atoms with van der Waals surface area (Å²) in [6, 6.07) is 17.5. The van der Waals surface area contributed by atoms with E-state index in [9.17, 15) is 4.79 Å². The van der Waals surface area contributed by atoms with Crippen molar-refractivity contribution in [1.82, 2.24) is 15.1 Å². The number of likely N-dealkylation sites (N-methyl/N-ethyl adjacent to an activating group) is 1. The molecule has 5 nitrogen and oxygen atoms in total. The summed E-state index contributed by atoms with van der Waals surface area (Å²) < 4.78 is 5.83. The van der Waals surface area contributed by atoms with Crippen LogP contribution in [-0.4, -0.2) is 56.0 Å². The summed E-state index contributed by atoms with van der Waals surface area (Å²) in [6.45, 7) is 8.80. The average Bonchev–Trinajstić information content (AvgIpc) is 2.74. The van der Waals surface area contributed by atoms with Crippen LogP contribution in [0.15, 0.2) is 54.6 Å². The first-order valence-electron chi connectivity index (χ1n) is 10.5. The summed E-state index contributed by atoms with van der Waals surface area (Å²) in [4.78, 5) is 17.0. The minimum atomic E-state index is -0.301. The predicted octanol–water partition coefficient (Wildman–Crippen LogP) is 3.72. The van der Waals surface area contributed by atoms with Crippen LogP contribution in [0.2, 0.25) is 0 Å². The normalized spacial score (nSPS) is 12.2. The Morgan fingerprint density at radius 2 is 1.66 bits per heavy atom. The Hall–Kier alpha value is -2.37. The van der Waals surface area contributed by atoms with Gasteiger partial charge in [0, 0.05) is 13.1 Å². The Morgan fingerprint density at radius 1 is 1.00 bits per heavy atom. The molecule has 0 fully saturated rings. The molecule has 1 atom stereocenters. The van der Waals surface area contributed by atoms with Crippen LogP contribution < -0.4 is 10.1 Å². The van der Waals surface area contributed by atoms with E-state index in [1.165, 1.54) is 0 Å². The van der Waals surface area contributed by atoms with Crippen molar-refractivity contribution < 1.29 is 9.53 Å². The number of hydrogen-bond acceptors (Lipinski definition) is 4. The van der Waals surface area contributed by atoms with E-state index < -0.39 is 0 Å². The molecule has 0 heterocycles. The van der Waals surface area contributed by atoms with Gasteiger partial charge < -0.3 is 15.0 Å². The van der Waals surface area contributed by atoms with Crippen LogP contribution in [0.3, 0.4) is 0 Å². The number of nitrogens with zero attached hydrogens (tertiary/aromatic N) is 2. The average molecular weight is 398 g/mol. The van der Waals surface area contributed by atoms with Crippen LogP contribution >= 0.6 is 0 Å². The van der Waals surface area contributed by atoms with Crippen LogP contribution in [-0.2, 0) is 11.3 Å². The monoisotopic (exact) mass is 397 g/mol. The summed E-state index contributed by atoms with van der Waals surface area (Å²) in [5.41, 5.74) is 2.04. The Labute approximate surface area is 175 Å². The molecule has 0 aliphatic heterocycles. The van der Waals surface area contributed by atoms with E-state index in [1.807, 2.05) is 73.6 Å². The number of carbonyl (C=O) groups excluding carboxylic acids is 1. The van der Waals surface area contributed by atoms with Crippen LogP contribution in [0.4, 0.5) is 0 Å². The van der Waals surface area contributed by atoms with Gasteiger partial charge in [-0.25, -0.2) is 0 Å². The van der Waals surface area contributed by atoms with Gasteiger partial charge in [-0.05, 0) is 56.9 Å². The quantitative estimate of drug-likeness (QED) is 0.555. The molecular weight excluding hydrogens is 362 g/mol. The summed E-state index contributed by atoms with van der Waals surface area (Å²) >= 11 is 0. The fourth-order valence-electron chi connectivity index (χ4n) is 3.33. The van der Waals surface area contributed by atoms with Gasteiger partial charge in [-0.3, -0.25) is 9.69 Å². The van der Waals surface area contributed by atoms with E-state index in [0.717, 1.165) is 42.9 Å². The molecule has 158 valence electrons. The zero-order valence-electron chi connectivity index (χ0n) is 18.2. The van der Waals surface area contributed by atoms with Crippen molar-refractivity contribution in [3.8, 4) is 5.75 Å². The third kappa shape index (κ3) is 7.52. The number of carbonyl (C=O) groups is 1. The van der Waals surface area contributed by atoms with Crippen molar-refractivity contribution in [2.24, 2.45) is 0 Å². The van der Waals surface area contributed by atoms with Gasteiger partial charge in [0.15, 0.2) is 0 Å². The van der Waals surface area contributed by atoms with Gasteiger partial charge in [-0.1, -0.05) is 56.3 Å². The highest BCUT2D eigenvalue weighted by atomic mass is 16.5. The highest BCUT2D eigenvalue weighted by Crippen LogP contribution is 2.18. The fourth-order valence-corrected chi connectivity index (χ4v) is 3.33. The third-order valence-corrected chi connectivity index (χ3v) is 5.05. The maximum atomic E-state index is 12.7. The van der Waals surface area contributed by atoms with Crippen LogP contribution in [0, 0.1) is 0 Å². The lowest BCUT2D eigenvalue weighted by Gasteiger charge is -2.23. The van der Waals surface area contributed by atoms with Crippen molar-refractivity contribution in [1.29, 1.82) is 0 Å². The van der Waals surface area contributed by atoms with E-state index in [1.54, 1.807) is 0 Å². The molecule has 0 aliphatic carbocycles. The molecule has 0 saturated heterocycles. The molecule has 0 spiro atoms. The van der Waals surface area contributed by atoms with E-state index in [0.29, 0.717) is 13.2 Å². The number of amides is 1. The molecular formula is C24H35N3O2. The summed E-state index contributed by atoms with van der Waals surface area (Å²) in [7, 11) is 3.84. The molecule has 0 saturated carbocycles. The van der Waals surface area contributed by atoms with Gasteiger partial charge in [0.25, 0.3) is 0 Å².